The van der Waals surface area contributed by atoms with Crippen molar-refractivity contribution in [2.45, 2.75) is 92.0 Å². The highest BCUT2D eigenvalue weighted by Gasteiger charge is 2.53. The maximum Gasteiger partial charge on any atom is 0.330 e. The monoisotopic (exact) mass is 509 g/mol. The summed E-state index contributed by atoms with van der Waals surface area (Å²) in [6.45, 7) is 15.7. The lowest BCUT2D eigenvalue weighted by Crippen LogP contribution is -2.56. The Kier molecular flexibility index (Phi) is 9.70. The molecule has 3 rings (SSSR count). The van der Waals surface area contributed by atoms with Crippen molar-refractivity contribution in [3.8, 4) is 5.75 Å². The van der Waals surface area contributed by atoms with Crippen LogP contribution >= 0.6 is 0 Å². The van der Waals surface area contributed by atoms with Crippen LogP contribution in [0.4, 0.5) is 5.69 Å². The molecule has 2 aromatic carbocycles. The van der Waals surface area contributed by atoms with Gasteiger partial charge in [0.1, 0.15) is 17.1 Å². The third-order valence-electron chi connectivity index (χ3n) is 6.74. The van der Waals surface area contributed by atoms with Crippen LogP contribution in [0.2, 0.25) is 0 Å². The van der Waals surface area contributed by atoms with E-state index in [9.17, 15) is 19.5 Å². The number of methoxy groups -OCH3 is 1. The fourth-order valence-electron chi connectivity index (χ4n) is 5.16. The number of carboxylic acids is 1. The maximum atomic E-state index is 14.1. The number of hydrogen-bond acceptors (Lipinski definition) is 4. The first-order valence-corrected chi connectivity index (χ1v) is 13.2. The standard InChI is InChI=1S/C29H37NO5.C2H6/c1-18(2)16-29(27(33)34)17-22-20(12-11-19(3)31)9-8-10-24(22)30(29)26(32)21-13-14-23(28(4,5)6)25(15-21)35-7;1-2/h8-10,13-15,18H,11-12,16-17H2,1-7H3,(H,33,34);1-2H3. The predicted molar refractivity (Wildman–Crippen MR) is 149 cm³/mol. The second-order valence-corrected chi connectivity index (χ2v) is 11.0. The van der Waals surface area contributed by atoms with Crippen LogP contribution in [0.5, 0.6) is 5.75 Å². The zero-order valence-electron chi connectivity index (χ0n) is 23.9. The Bertz CT molecular complexity index is 1140. The van der Waals surface area contributed by atoms with Crippen LogP contribution < -0.4 is 9.64 Å². The number of benzene rings is 2. The van der Waals surface area contributed by atoms with Gasteiger partial charge in [0.2, 0.25) is 0 Å². The second kappa shape index (κ2) is 11.9. The van der Waals surface area contributed by atoms with Crippen molar-refractivity contribution in [3.05, 3.63) is 58.7 Å². The molecule has 0 saturated carbocycles. The van der Waals surface area contributed by atoms with E-state index in [2.05, 4.69) is 20.8 Å². The van der Waals surface area contributed by atoms with Gasteiger partial charge in [-0.3, -0.25) is 9.69 Å². The molecule has 1 N–H and O–H groups in total. The van der Waals surface area contributed by atoms with E-state index in [1.807, 2.05) is 52.0 Å². The van der Waals surface area contributed by atoms with E-state index < -0.39 is 11.5 Å². The van der Waals surface area contributed by atoms with E-state index in [-0.39, 0.29) is 29.4 Å². The Labute approximate surface area is 222 Å². The lowest BCUT2D eigenvalue weighted by molar-refractivity contribution is -0.143. The number of rotatable bonds is 8. The Balaban J connectivity index is 0.00000235. The minimum absolute atomic E-state index is 0.0502. The van der Waals surface area contributed by atoms with Gasteiger partial charge in [0.25, 0.3) is 5.91 Å². The predicted octanol–water partition coefficient (Wildman–Crippen LogP) is 6.61. The number of nitrogens with zero attached hydrogens (tertiary/aromatic N) is 1. The topological polar surface area (TPSA) is 83.9 Å². The summed E-state index contributed by atoms with van der Waals surface area (Å²) < 4.78 is 5.61. The van der Waals surface area contributed by atoms with Crippen molar-refractivity contribution in [1.82, 2.24) is 0 Å². The summed E-state index contributed by atoms with van der Waals surface area (Å²) in [6, 6.07) is 10.9. The largest absolute Gasteiger partial charge is 0.496 e. The Hall–Kier alpha value is -3.15. The Morgan fingerprint density at radius 2 is 1.76 bits per heavy atom. The van der Waals surface area contributed by atoms with Crippen LogP contribution in [-0.2, 0) is 27.8 Å². The van der Waals surface area contributed by atoms with Gasteiger partial charge in [-0.25, -0.2) is 4.79 Å². The van der Waals surface area contributed by atoms with Gasteiger partial charge in [0.15, 0.2) is 0 Å². The number of hydrogen-bond donors (Lipinski definition) is 1. The van der Waals surface area contributed by atoms with Crippen molar-refractivity contribution in [1.29, 1.82) is 0 Å². The minimum Gasteiger partial charge on any atom is -0.496 e. The molecule has 37 heavy (non-hydrogen) atoms. The fraction of sp³-hybridized carbons (Fsp3) is 0.516. The van der Waals surface area contributed by atoms with E-state index in [0.717, 1.165) is 16.7 Å². The molecule has 1 amide bonds. The number of carbonyl (C=O) groups excluding carboxylic acids is 2. The molecular formula is C31H43NO5. The van der Waals surface area contributed by atoms with Crippen molar-refractivity contribution in [2.75, 3.05) is 12.0 Å². The van der Waals surface area contributed by atoms with Crippen LogP contribution in [-0.4, -0.2) is 35.4 Å². The lowest BCUT2D eigenvalue weighted by Gasteiger charge is -2.36. The first kappa shape index (κ1) is 30.1. The molecule has 0 saturated heterocycles. The summed E-state index contributed by atoms with van der Waals surface area (Å²) in [5, 5.41) is 10.5. The summed E-state index contributed by atoms with van der Waals surface area (Å²) in [5.41, 5.74) is 2.13. The quantitative estimate of drug-likeness (QED) is 0.433. The number of Topliss-reactive ketones (excluding diaryl/α,β-unsaturated/α-hetero) is 1. The molecule has 0 aliphatic carbocycles. The van der Waals surface area contributed by atoms with E-state index in [4.69, 9.17) is 4.74 Å². The van der Waals surface area contributed by atoms with E-state index >= 15 is 0 Å². The average molecular weight is 510 g/mol. The first-order chi connectivity index (χ1) is 17.3. The molecule has 0 spiro atoms. The summed E-state index contributed by atoms with van der Waals surface area (Å²) in [6.07, 6.45) is 1.42. The summed E-state index contributed by atoms with van der Waals surface area (Å²) in [7, 11) is 1.57. The zero-order chi connectivity index (χ0) is 28.1. The van der Waals surface area contributed by atoms with Gasteiger partial charge in [-0.2, -0.15) is 0 Å². The molecule has 0 bridgehead atoms. The first-order valence-electron chi connectivity index (χ1n) is 13.2. The van der Waals surface area contributed by atoms with Gasteiger partial charge >= 0.3 is 5.97 Å². The molecule has 6 nitrogen and oxygen atoms in total. The number of carboxylic acid groups (broad SMARTS) is 1. The number of carbonyl (C=O) groups is 3. The minimum atomic E-state index is -1.41. The van der Waals surface area contributed by atoms with Crippen LogP contribution in [0.25, 0.3) is 0 Å². The number of amides is 1. The Morgan fingerprint density at radius 3 is 2.27 bits per heavy atom. The second-order valence-electron chi connectivity index (χ2n) is 11.0. The molecule has 1 atom stereocenters. The van der Waals surface area contributed by atoms with Crippen LogP contribution in [0.3, 0.4) is 0 Å². The van der Waals surface area contributed by atoms with E-state index in [1.54, 1.807) is 26.2 Å². The highest BCUT2D eigenvalue weighted by atomic mass is 16.5. The highest BCUT2D eigenvalue weighted by Crippen LogP contribution is 2.45. The number of aliphatic carboxylic acids is 1. The van der Waals surface area contributed by atoms with Gasteiger partial charge in [-0.15, -0.1) is 0 Å². The molecule has 2 aromatic rings. The van der Waals surface area contributed by atoms with E-state index in [1.165, 1.54) is 4.90 Å². The summed E-state index contributed by atoms with van der Waals surface area (Å²) >= 11 is 0. The van der Waals surface area contributed by atoms with E-state index in [0.29, 0.717) is 36.3 Å². The molecule has 6 heteroatoms. The molecule has 1 aliphatic rings. The van der Waals surface area contributed by atoms with Crippen molar-refractivity contribution in [2.24, 2.45) is 5.92 Å². The third-order valence-corrected chi connectivity index (χ3v) is 6.74. The molecule has 0 fully saturated rings. The van der Waals surface area contributed by atoms with Gasteiger partial charge in [0, 0.05) is 24.1 Å². The average Bonchev–Trinajstić information content (AvgIpc) is 3.17. The SMILES string of the molecule is CC.COc1cc(C(=O)N2c3cccc(CCC(C)=O)c3CC2(CC(C)C)C(=O)O)ccc1C(C)(C)C. The van der Waals surface area contributed by atoms with Crippen LogP contribution in [0.1, 0.15) is 95.3 Å². The lowest BCUT2D eigenvalue weighted by atomic mass is 9.83. The number of ketones is 1. The Morgan fingerprint density at radius 1 is 1.11 bits per heavy atom. The zero-order valence-corrected chi connectivity index (χ0v) is 23.9. The number of aryl methyl sites for hydroxylation is 1. The molecule has 202 valence electrons. The smallest absolute Gasteiger partial charge is 0.330 e. The fourth-order valence-corrected chi connectivity index (χ4v) is 5.16. The third kappa shape index (κ3) is 6.23. The molecule has 1 aliphatic heterocycles. The molecular weight excluding hydrogens is 466 g/mol. The summed E-state index contributed by atoms with van der Waals surface area (Å²) in [5.74, 6) is -0.663. The van der Waals surface area contributed by atoms with Gasteiger partial charge in [0.05, 0.1) is 7.11 Å². The number of fused-ring (bicyclic) bond motifs is 1. The van der Waals surface area contributed by atoms with Crippen molar-refractivity contribution >= 4 is 23.3 Å². The molecule has 0 aromatic heterocycles. The number of ether oxygens (including phenoxy) is 1. The van der Waals surface area contributed by atoms with Crippen LogP contribution in [0.15, 0.2) is 36.4 Å². The highest BCUT2D eigenvalue weighted by molar-refractivity contribution is 6.13. The van der Waals surface area contributed by atoms with Gasteiger partial charge in [-0.1, -0.05) is 66.7 Å². The number of anilines is 1. The van der Waals surface area contributed by atoms with Crippen LogP contribution in [0, 0.1) is 5.92 Å². The molecule has 1 unspecified atom stereocenters. The molecule has 0 radical (unpaired) electrons. The van der Waals surface area contributed by atoms with Gasteiger partial charge in [-0.05, 0) is 66.0 Å². The molecule has 1 heterocycles. The van der Waals surface area contributed by atoms with Crippen molar-refractivity contribution < 1.29 is 24.2 Å². The summed E-state index contributed by atoms with van der Waals surface area (Å²) in [4.78, 5) is 40.1. The maximum absolute atomic E-state index is 14.1. The normalized spacial score (nSPS) is 16.6. The van der Waals surface area contributed by atoms with Crippen molar-refractivity contribution in [3.63, 3.8) is 0 Å². The van der Waals surface area contributed by atoms with Gasteiger partial charge < -0.3 is 14.6 Å².